The number of anilines is 1. The zero-order valence-electron chi connectivity index (χ0n) is 12.4. The fraction of sp³-hybridized carbons (Fsp3) is 0.278. The molecule has 2 aromatic rings. The van der Waals surface area contributed by atoms with Crippen LogP contribution < -0.4 is 9.64 Å². The summed E-state index contributed by atoms with van der Waals surface area (Å²) < 4.78 is 5.41. The van der Waals surface area contributed by atoms with Crippen LogP contribution in [0.25, 0.3) is 0 Å². The number of carbonyl (C=O) groups excluding carboxylic acids is 1. The molecule has 0 saturated heterocycles. The molecule has 0 spiro atoms. The number of benzene rings is 2. The first-order valence-corrected chi connectivity index (χ1v) is 7.28. The van der Waals surface area contributed by atoms with Gasteiger partial charge < -0.3 is 9.64 Å². The first kappa shape index (κ1) is 13.7. The molecule has 1 amide bonds. The molecule has 0 saturated carbocycles. The monoisotopic (exact) mass is 281 g/mol. The Morgan fingerprint density at radius 3 is 2.57 bits per heavy atom. The predicted octanol–water partition coefficient (Wildman–Crippen LogP) is 3.39. The molecule has 0 fully saturated rings. The van der Waals surface area contributed by atoms with Gasteiger partial charge in [0.2, 0.25) is 5.91 Å². The quantitative estimate of drug-likeness (QED) is 0.859. The number of fused-ring (bicyclic) bond motifs is 1. The highest BCUT2D eigenvalue weighted by molar-refractivity contribution is 6.05. The predicted molar refractivity (Wildman–Crippen MR) is 83.9 cm³/mol. The molecule has 0 aromatic heterocycles. The third-order valence-corrected chi connectivity index (χ3v) is 4.10. The highest BCUT2D eigenvalue weighted by atomic mass is 16.5. The van der Waals surface area contributed by atoms with E-state index in [2.05, 4.69) is 6.07 Å². The minimum Gasteiger partial charge on any atom is -0.496 e. The molecule has 21 heavy (non-hydrogen) atoms. The van der Waals surface area contributed by atoms with Crippen molar-refractivity contribution >= 4 is 11.6 Å². The fourth-order valence-corrected chi connectivity index (χ4v) is 3.08. The second-order valence-corrected chi connectivity index (χ2v) is 5.21. The van der Waals surface area contributed by atoms with Crippen molar-refractivity contribution in [1.82, 2.24) is 0 Å². The van der Waals surface area contributed by atoms with E-state index in [9.17, 15) is 4.79 Å². The second kappa shape index (κ2) is 5.60. The number of hydrogen-bond acceptors (Lipinski definition) is 2. The highest BCUT2D eigenvalue weighted by Crippen LogP contribution is 2.39. The molecule has 0 N–H and O–H groups in total. The zero-order chi connectivity index (χ0) is 14.8. The highest BCUT2D eigenvalue weighted by Gasteiger charge is 2.36. The molecule has 0 unspecified atom stereocenters. The Balaban J connectivity index is 1.98. The molecular formula is C18H19NO2. The summed E-state index contributed by atoms with van der Waals surface area (Å²) >= 11 is 0. The number of nitrogens with zero attached hydrogens (tertiary/aromatic N) is 1. The zero-order valence-corrected chi connectivity index (χ0v) is 12.4. The molecule has 1 atom stereocenters. The smallest absolute Gasteiger partial charge is 0.234 e. The summed E-state index contributed by atoms with van der Waals surface area (Å²) in [6.45, 7) is 2.72. The van der Waals surface area contributed by atoms with Crippen LogP contribution in [0, 0.1) is 0 Å². The van der Waals surface area contributed by atoms with Crippen molar-refractivity contribution in [1.29, 1.82) is 0 Å². The minimum atomic E-state index is -0.113. The SMILES string of the molecule is CCN1C(=O)[C@H](Cc2ccccc2OC)c2ccccc21. The van der Waals surface area contributed by atoms with E-state index >= 15 is 0 Å². The Morgan fingerprint density at radius 2 is 1.81 bits per heavy atom. The van der Waals surface area contributed by atoms with Crippen molar-refractivity contribution in [3.05, 3.63) is 59.7 Å². The minimum absolute atomic E-state index is 0.113. The van der Waals surface area contributed by atoms with Crippen molar-refractivity contribution in [3.8, 4) is 5.75 Å². The van der Waals surface area contributed by atoms with Gasteiger partial charge in [0.15, 0.2) is 0 Å². The van der Waals surface area contributed by atoms with Gasteiger partial charge in [-0.05, 0) is 36.6 Å². The lowest BCUT2D eigenvalue weighted by Gasteiger charge is -2.16. The van der Waals surface area contributed by atoms with Crippen LogP contribution in [-0.2, 0) is 11.2 Å². The molecule has 3 nitrogen and oxygen atoms in total. The van der Waals surface area contributed by atoms with Crippen molar-refractivity contribution in [2.45, 2.75) is 19.3 Å². The molecule has 0 aliphatic carbocycles. The Bertz CT molecular complexity index is 666. The Morgan fingerprint density at radius 1 is 1.10 bits per heavy atom. The molecule has 1 aliphatic rings. The molecular weight excluding hydrogens is 262 g/mol. The first-order chi connectivity index (χ1) is 10.3. The van der Waals surface area contributed by atoms with Crippen molar-refractivity contribution < 1.29 is 9.53 Å². The molecule has 3 rings (SSSR count). The number of rotatable bonds is 4. The third kappa shape index (κ3) is 2.29. The number of carbonyl (C=O) groups is 1. The third-order valence-electron chi connectivity index (χ3n) is 4.10. The number of methoxy groups -OCH3 is 1. The standard InChI is InChI=1S/C18H19NO2/c1-3-19-16-10-6-5-9-14(16)15(18(19)20)12-13-8-4-7-11-17(13)21-2/h4-11,15H,3,12H2,1-2H3/t15-/m1/s1. The maximum Gasteiger partial charge on any atom is 0.234 e. The number of hydrogen-bond donors (Lipinski definition) is 0. The van der Waals surface area contributed by atoms with Gasteiger partial charge in [0.25, 0.3) is 0 Å². The van der Waals surface area contributed by atoms with Crippen molar-refractivity contribution in [2.75, 3.05) is 18.6 Å². The Hall–Kier alpha value is -2.29. The van der Waals surface area contributed by atoms with Gasteiger partial charge in [0, 0.05) is 12.2 Å². The number of amides is 1. The van der Waals surface area contributed by atoms with Crippen LogP contribution >= 0.6 is 0 Å². The lowest BCUT2D eigenvalue weighted by atomic mass is 9.93. The summed E-state index contributed by atoms with van der Waals surface area (Å²) in [6.07, 6.45) is 0.677. The fourth-order valence-electron chi connectivity index (χ4n) is 3.08. The van der Waals surface area contributed by atoms with E-state index in [1.807, 2.05) is 54.3 Å². The van der Waals surface area contributed by atoms with E-state index in [-0.39, 0.29) is 11.8 Å². The summed E-state index contributed by atoms with van der Waals surface area (Å²) in [5, 5.41) is 0. The molecule has 0 radical (unpaired) electrons. The molecule has 3 heteroatoms. The van der Waals surface area contributed by atoms with E-state index in [4.69, 9.17) is 4.74 Å². The molecule has 1 aliphatic heterocycles. The van der Waals surface area contributed by atoms with E-state index in [0.29, 0.717) is 13.0 Å². The van der Waals surface area contributed by atoms with Crippen LogP contribution in [0.5, 0.6) is 5.75 Å². The summed E-state index contributed by atoms with van der Waals surface area (Å²) in [7, 11) is 1.67. The van der Waals surface area contributed by atoms with Crippen LogP contribution in [-0.4, -0.2) is 19.6 Å². The van der Waals surface area contributed by atoms with Crippen LogP contribution in [0.1, 0.15) is 24.0 Å². The van der Waals surface area contributed by atoms with Crippen molar-refractivity contribution in [2.24, 2.45) is 0 Å². The van der Waals surface area contributed by atoms with Crippen LogP contribution in [0.4, 0.5) is 5.69 Å². The van der Waals surface area contributed by atoms with Gasteiger partial charge in [-0.2, -0.15) is 0 Å². The number of likely N-dealkylation sites (N-methyl/N-ethyl adjacent to an activating group) is 1. The largest absolute Gasteiger partial charge is 0.496 e. The van der Waals surface area contributed by atoms with Crippen LogP contribution in [0.3, 0.4) is 0 Å². The van der Waals surface area contributed by atoms with Crippen molar-refractivity contribution in [3.63, 3.8) is 0 Å². The summed E-state index contributed by atoms with van der Waals surface area (Å²) in [5.41, 5.74) is 3.24. The Kier molecular flexibility index (Phi) is 3.65. The lowest BCUT2D eigenvalue weighted by Crippen LogP contribution is -2.29. The van der Waals surface area contributed by atoms with E-state index < -0.39 is 0 Å². The van der Waals surface area contributed by atoms with Gasteiger partial charge in [0.05, 0.1) is 13.0 Å². The average Bonchev–Trinajstić information content (AvgIpc) is 2.80. The normalized spacial score (nSPS) is 17.0. The molecule has 0 bridgehead atoms. The van der Waals surface area contributed by atoms with Gasteiger partial charge in [-0.15, -0.1) is 0 Å². The average molecular weight is 281 g/mol. The lowest BCUT2D eigenvalue weighted by molar-refractivity contribution is -0.119. The van der Waals surface area contributed by atoms with Gasteiger partial charge in [0.1, 0.15) is 5.75 Å². The van der Waals surface area contributed by atoms with Gasteiger partial charge >= 0.3 is 0 Å². The van der Waals surface area contributed by atoms with E-state index in [0.717, 1.165) is 22.6 Å². The summed E-state index contributed by atoms with van der Waals surface area (Å²) in [4.78, 5) is 14.6. The maximum absolute atomic E-state index is 12.7. The van der Waals surface area contributed by atoms with Gasteiger partial charge in [-0.25, -0.2) is 0 Å². The molecule has 2 aromatic carbocycles. The van der Waals surface area contributed by atoms with Gasteiger partial charge in [-0.3, -0.25) is 4.79 Å². The summed E-state index contributed by atoms with van der Waals surface area (Å²) in [5.74, 6) is 0.916. The first-order valence-electron chi connectivity index (χ1n) is 7.28. The molecule has 108 valence electrons. The number of para-hydroxylation sites is 2. The van der Waals surface area contributed by atoms with Crippen LogP contribution in [0.15, 0.2) is 48.5 Å². The van der Waals surface area contributed by atoms with E-state index in [1.165, 1.54) is 0 Å². The topological polar surface area (TPSA) is 29.5 Å². The van der Waals surface area contributed by atoms with Gasteiger partial charge in [-0.1, -0.05) is 36.4 Å². The van der Waals surface area contributed by atoms with Crippen LogP contribution in [0.2, 0.25) is 0 Å². The second-order valence-electron chi connectivity index (χ2n) is 5.21. The number of ether oxygens (including phenoxy) is 1. The van der Waals surface area contributed by atoms with E-state index in [1.54, 1.807) is 7.11 Å². The molecule has 1 heterocycles. The Labute approximate surface area is 125 Å². The maximum atomic E-state index is 12.7. The summed E-state index contributed by atoms with van der Waals surface area (Å²) in [6, 6.07) is 16.0.